The average Bonchev–Trinajstić information content (AvgIpc) is 3.09. The highest BCUT2D eigenvalue weighted by atomic mass is 16.2. The van der Waals surface area contributed by atoms with Gasteiger partial charge in [0.05, 0.1) is 11.6 Å². The summed E-state index contributed by atoms with van der Waals surface area (Å²) in [6, 6.07) is 20.0. The minimum Gasteiger partial charge on any atom is -0.366 e. The van der Waals surface area contributed by atoms with Crippen LogP contribution in [-0.2, 0) is 9.59 Å². The molecule has 1 fully saturated rings. The van der Waals surface area contributed by atoms with Crippen LogP contribution < -0.4 is 16.0 Å². The zero-order valence-electron chi connectivity index (χ0n) is 15.1. The van der Waals surface area contributed by atoms with Crippen LogP contribution in [0.1, 0.15) is 16.8 Å². The maximum absolute atomic E-state index is 12.6. The molecule has 0 spiro atoms. The number of nitrogens with one attached hydrogen (secondary N) is 1. The minimum absolute atomic E-state index is 0.0689. The second kappa shape index (κ2) is 7.15. The van der Waals surface area contributed by atoms with Crippen molar-refractivity contribution in [1.82, 2.24) is 0 Å². The van der Waals surface area contributed by atoms with E-state index in [0.717, 1.165) is 16.5 Å². The summed E-state index contributed by atoms with van der Waals surface area (Å²) in [4.78, 5) is 38.1. The van der Waals surface area contributed by atoms with E-state index >= 15 is 0 Å². The SMILES string of the molecule is NC(=O)c1ccc(NC(=O)[C@@H]2CC(=O)N(c3cccc4ccccc34)C2)cc1. The molecule has 3 N–H and O–H groups in total. The van der Waals surface area contributed by atoms with Crippen LogP contribution in [0, 0.1) is 5.92 Å². The highest BCUT2D eigenvalue weighted by Crippen LogP contribution is 2.32. The van der Waals surface area contributed by atoms with Gasteiger partial charge in [-0.2, -0.15) is 0 Å². The smallest absolute Gasteiger partial charge is 0.248 e. The van der Waals surface area contributed by atoms with E-state index < -0.39 is 11.8 Å². The van der Waals surface area contributed by atoms with E-state index in [2.05, 4.69) is 5.32 Å². The quantitative estimate of drug-likeness (QED) is 0.736. The van der Waals surface area contributed by atoms with Gasteiger partial charge in [0, 0.05) is 29.6 Å². The zero-order chi connectivity index (χ0) is 19.7. The molecular weight excluding hydrogens is 354 g/mol. The van der Waals surface area contributed by atoms with Gasteiger partial charge in [-0.25, -0.2) is 0 Å². The third-order valence-electron chi connectivity index (χ3n) is 4.99. The normalized spacial score (nSPS) is 16.4. The van der Waals surface area contributed by atoms with Crippen molar-refractivity contribution in [3.05, 3.63) is 72.3 Å². The Labute approximate surface area is 161 Å². The van der Waals surface area contributed by atoms with Crippen molar-refractivity contribution in [2.45, 2.75) is 6.42 Å². The van der Waals surface area contributed by atoms with Gasteiger partial charge >= 0.3 is 0 Å². The second-order valence-corrected chi connectivity index (χ2v) is 6.83. The topological polar surface area (TPSA) is 92.5 Å². The lowest BCUT2D eigenvalue weighted by Gasteiger charge is -2.19. The fourth-order valence-electron chi connectivity index (χ4n) is 3.52. The third kappa shape index (κ3) is 3.32. The Balaban J connectivity index is 1.51. The first-order valence-electron chi connectivity index (χ1n) is 9.02. The van der Waals surface area contributed by atoms with Crippen molar-refractivity contribution in [3.8, 4) is 0 Å². The molecule has 1 atom stereocenters. The van der Waals surface area contributed by atoms with Crippen LogP contribution in [0.25, 0.3) is 10.8 Å². The molecular formula is C22H19N3O3. The van der Waals surface area contributed by atoms with Gasteiger partial charge < -0.3 is 16.0 Å². The number of carbonyl (C=O) groups excluding carboxylic acids is 3. The molecule has 0 aromatic heterocycles. The summed E-state index contributed by atoms with van der Waals surface area (Å²) in [7, 11) is 0. The van der Waals surface area contributed by atoms with Crippen LogP contribution in [0.5, 0.6) is 0 Å². The lowest BCUT2D eigenvalue weighted by atomic mass is 10.1. The molecule has 6 heteroatoms. The molecule has 1 heterocycles. The Morgan fingerprint density at radius 2 is 1.68 bits per heavy atom. The summed E-state index contributed by atoms with van der Waals surface area (Å²) in [5, 5.41) is 4.85. The van der Waals surface area contributed by atoms with E-state index in [9.17, 15) is 14.4 Å². The molecule has 4 rings (SSSR count). The van der Waals surface area contributed by atoms with Gasteiger partial charge in [0.25, 0.3) is 0 Å². The Morgan fingerprint density at radius 3 is 2.43 bits per heavy atom. The van der Waals surface area contributed by atoms with Gasteiger partial charge in [-0.05, 0) is 35.7 Å². The summed E-state index contributed by atoms with van der Waals surface area (Å²) < 4.78 is 0. The Hall–Kier alpha value is -3.67. The molecule has 1 saturated heterocycles. The number of amides is 3. The van der Waals surface area contributed by atoms with Gasteiger partial charge in [0.2, 0.25) is 17.7 Å². The summed E-state index contributed by atoms with van der Waals surface area (Å²) in [6.45, 7) is 0.331. The summed E-state index contributed by atoms with van der Waals surface area (Å²) in [5.74, 6) is -1.25. The molecule has 1 aliphatic heterocycles. The zero-order valence-corrected chi connectivity index (χ0v) is 15.1. The van der Waals surface area contributed by atoms with E-state index in [0.29, 0.717) is 17.8 Å². The van der Waals surface area contributed by atoms with E-state index in [1.807, 2.05) is 42.5 Å². The maximum Gasteiger partial charge on any atom is 0.248 e. The standard InChI is InChI=1S/C22H19N3O3/c23-21(27)15-8-10-17(11-9-15)24-22(28)16-12-20(26)25(13-16)19-7-3-5-14-4-1-2-6-18(14)19/h1-11,16H,12-13H2,(H2,23,27)(H,24,28)/t16-/m1/s1. The second-order valence-electron chi connectivity index (χ2n) is 6.83. The molecule has 3 amide bonds. The average molecular weight is 373 g/mol. The first-order chi connectivity index (χ1) is 13.5. The molecule has 1 aliphatic rings. The summed E-state index contributed by atoms with van der Waals surface area (Å²) in [5.41, 5.74) is 6.98. The molecule has 28 heavy (non-hydrogen) atoms. The van der Waals surface area contributed by atoms with Crippen molar-refractivity contribution >= 4 is 39.9 Å². The molecule has 3 aromatic carbocycles. The van der Waals surface area contributed by atoms with Gasteiger partial charge in [-0.1, -0.05) is 36.4 Å². The number of hydrogen-bond donors (Lipinski definition) is 2. The van der Waals surface area contributed by atoms with E-state index in [4.69, 9.17) is 5.73 Å². The molecule has 140 valence electrons. The number of nitrogens with zero attached hydrogens (tertiary/aromatic N) is 1. The number of fused-ring (bicyclic) bond motifs is 1. The van der Waals surface area contributed by atoms with Gasteiger partial charge in [-0.15, -0.1) is 0 Å². The van der Waals surface area contributed by atoms with Crippen molar-refractivity contribution < 1.29 is 14.4 Å². The first-order valence-corrected chi connectivity index (χ1v) is 9.02. The van der Waals surface area contributed by atoms with Crippen LogP contribution in [-0.4, -0.2) is 24.3 Å². The highest BCUT2D eigenvalue weighted by molar-refractivity contribution is 6.08. The number of nitrogens with two attached hydrogens (primary N) is 1. The molecule has 3 aromatic rings. The lowest BCUT2D eigenvalue weighted by molar-refractivity contribution is -0.122. The molecule has 0 saturated carbocycles. The minimum atomic E-state index is -0.523. The number of rotatable bonds is 4. The van der Waals surface area contributed by atoms with Crippen LogP contribution >= 0.6 is 0 Å². The Kier molecular flexibility index (Phi) is 4.53. The molecule has 0 aliphatic carbocycles. The van der Waals surface area contributed by atoms with Gasteiger partial charge in [0.15, 0.2) is 0 Å². The van der Waals surface area contributed by atoms with Crippen molar-refractivity contribution in [1.29, 1.82) is 0 Å². The predicted octanol–water partition coefficient (Wildman–Crippen LogP) is 2.93. The number of benzene rings is 3. The van der Waals surface area contributed by atoms with Crippen LogP contribution in [0.15, 0.2) is 66.7 Å². The third-order valence-corrected chi connectivity index (χ3v) is 4.99. The van der Waals surface area contributed by atoms with Crippen LogP contribution in [0.4, 0.5) is 11.4 Å². The number of anilines is 2. The molecule has 0 radical (unpaired) electrons. The van der Waals surface area contributed by atoms with Crippen molar-refractivity contribution in [3.63, 3.8) is 0 Å². The van der Waals surface area contributed by atoms with Crippen molar-refractivity contribution in [2.75, 3.05) is 16.8 Å². The van der Waals surface area contributed by atoms with E-state index in [1.165, 1.54) is 0 Å². The first kappa shape index (κ1) is 17.7. The summed E-state index contributed by atoms with van der Waals surface area (Å²) in [6.07, 6.45) is 0.161. The number of primary amides is 1. The van der Waals surface area contributed by atoms with Gasteiger partial charge in [0.1, 0.15) is 0 Å². The molecule has 6 nitrogen and oxygen atoms in total. The van der Waals surface area contributed by atoms with E-state index in [-0.39, 0.29) is 18.2 Å². The monoisotopic (exact) mass is 373 g/mol. The Bertz CT molecular complexity index is 1070. The van der Waals surface area contributed by atoms with Crippen LogP contribution in [0.2, 0.25) is 0 Å². The fourth-order valence-corrected chi connectivity index (χ4v) is 3.52. The highest BCUT2D eigenvalue weighted by Gasteiger charge is 2.35. The van der Waals surface area contributed by atoms with Crippen molar-refractivity contribution in [2.24, 2.45) is 11.7 Å². The number of carbonyl (C=O) groups is 3. The molecule has 0 unspecified atom stereocenters. The van der Waals surface area contributed by atoms with Crippen LogP contribution in [0.3, 0.4) is 0 Å². The largest absolute Gasteiger partial charge is 0.366 e. The lowest BCUT2D eigenvalue weighted by Crippen LogP contribution is -2.28. The maximum atomic E-state index is 12.6. The van der Waals surface area contributed by atoms with Gasteiger partial charge in [-0.3, -0.25) is 14.4 Å². The number of hydrogen-bond acceptors (Lipinski definition) is 3. The predicted molar refractivity (Wildman–Crippen MR) is 108 cm³/mol. The molecule has 0 bridgehead atoms. The fraction of sp³-hybridized carbons (Fsp3) is 0.136. The van der Waals surface area contributed by atoms with E-state index in [1.54, 1.807) is 29.2 Å². The Morgan fingerprint density at radius 1 is 0.964 bits per heavy atom. The summed E-state index contributed by atoms with van der Waals surface area (Å²) >= 11 is 0.